The summed E-state index contributed by atoms with van der Waals surface area (Å²) in [4.78, 5) is 4.43. The fraction of sp³-hybridized carbons (Fsp3) is 0.130. The van der Waals surface area contributed by atoms with E-state index >= 15 is 0 Å². The van der Waals surface area contributed by atoms with Crippen LogP contribution in [0.25, 0.3) is 5.57 Å². The molecule has 3 rings (SSSR count). The van der Waals surface area contributed by atoms with Crippen LogP contribution in [0.4, 0.5) is 5.69 Å². The van der Waals surface area contributed by atoms with Crippen LogP contribution < -0.4 is 4.90 Å². The van der Waals surface area contributed by atoms with Crippen molar-refractivity contribution in [2.45, 2.75) is 0 Å². The van der Waals surface area contributed by atoms with Gasteiger partial charge in [0.25, 0.3) is 0 Å². The fourth-order valence-electron chi connectivity index (χ4n) is 3.10. The predicted molar refractivity (Wildman–Crippen MR) is 107 cm³/mol. The van der Waals surface area contributed by atoms with Gasteiger partial charge in [-0.3, -0.25) is 0 Å². The minimum absolute atomic E-state index is 1.16. The van der Waals surface area contributed by atoms with Crippen LogP contribution in [0.2, 0.25) is 0 Å². The van der Waals surface area contributed by atoms with E-state index < -0.39 is 0 Å². The molecule has 0 fully saturated rings. The summed E-state index contributed by atoms with van der Waals surface area (Å²) < 4.78 is 0. The van der Waals surface area contributed by atoms with Gasteiger partial charge >= 0.3 is 0 Å². The number of benzene rings is 3. The second-order valence-electron chi connectivity index (χ2n) is 6.22. The van der Waals surface area contributed by atoms with E-state index in [1.807, 2.05) is 6.07 Å². The van der Waals surface area contributed by atoms with Crippen molar-refractivity contribution in [1.29, 1.82) is 0 Å². The van der Waals surface area contributed by atoms with Crippen molar-refractivity contribution >= 4 is 11.3 Å². The first-order valence-electron chi connectivity index (χ1n) is 8.49. The van der Waals surface area contributed by atoms with Gasteiger partial charge in [0.2, 0.25) is 0 Å². The van der Waals surface area contributed by atoms with Crippen LogP contribution >= 0.6 is 0 Å². The Morgan fingerprint density at radius 2 is 0.960 bits per heavy atom. The van der Waals surface area contributed by atoms with E-state index in [4.69, 9.17) is 0 Å². The lowest BCUT2D eigenvalue weighted by Crippen LogP contribution is -2.29. The maximum Gasteiger partial charge on any atom is 0.116 e. The van der Waals surface area contributed by atoms with Crippen molar-refractivity contribution in [2.75, 3.05) is 26.0 Å². The lowest BCUT2D eigenvalue weighted by atomic mass is 9.97. The van der Waals surface area contributed by atoms with Crippen LogP contribution in [0.3, 0.4) is 0 Å². The van der Waals surface area contributed by atoms with Crippen LogP contribution in [-0.4, -0.2) is 26.0 Å². The maximum absolute atomic E-state index is 2.25. The summed E-state index contributed by atoms with van der Waals surface area (Å²) in [7, 11) is 6.32. The molecular weight excluding hydrogens is 304 g/mol. The molecule has 0 unspecified atom stereocenters. The van der Waals surface area contributed by atoms with Gasteiger partial charge in [-0.1, -0.05) is 78.9 Å². The van der Waals surface area contributed by atoms with Gasteiger partial charge < -0.3 is 9.80 Å². The molecule has 0 radical (unpaired) electrons. The molecule has 0 aliphatic carbocycles. The van der Waals surface area contributed by atoms with Gasteiger partial charge in [0.15, 0.2) is 0 Å². The minimum atomic E-state index is 1.16. The van der Waals surface area contributed by atoms with Crippen LogP contribution in [0.5, 0.6) is 0 Å². The Bertz CT molecular complexity index is 780. The molecule has 0 saturated carbocycles. The highest BCUT2D eigenvalue weighted by atomic mass is 15.3. The van der Waals surface area contributed by atoms with Crippen LogP contribution in [0.1, 0.15) is 11.1 Å². The number of para-hydroxylation sites is 1. The van der Waals surface area contributed by atoms with Crippen molar-refractivity contribution in [3.63, 3.8) is 0 Å². The molecule has 0 N–H and O–H groups in total. The quantitative estimate of drug-likeness (QED) is 0.643. The number of hydrogen-bond donors (Lipinski definition) is 0. The molecule has 0 aromatic heterocycles. The molecule has 0 saturated heterocycles. The van der Waals surface area contributed by atoms with Crippen molar-refractivity contribution in [1.82, 2.24) is 4.90 Å². The van der Waals surface area contributed by atoms with Gasteiger partial charge in [-0.05, 0) is 23.3 Å². The van der Waals surface area contributed by atoms with Gasteiger partial charge in [-0.15, -0.1) is 0 Å². The average molecular weight is 328 g/mol. The Labute approximate surface area is 150 Å². The Hall–Kier alpha value is -3.00. The lowest BCUT2D eigenvalue weighted by Gasteiger charge is -2.31. The Kier molecular flexibility index (Phi) is 5.20. The Morgan fingerprint density at radius 3 is 1.36 bits per heavy atom. The summed E-state index contributed by atoms with van der Waals surface area (Å²) in [5.74, 6) is 1.16. The number of anilines is 1. The van der Waals surface area contributed by atoms with Crippen molar-refractivity contribution in [3.8, 4) is 0 Å². The van der Waals surface area contributed by atoms with E-state index in [2.05, 4.69) is 116 Å². The summed E-state index contributed by atoms with van der Waals surface area (Å²) in [6, 6.07) is 31.6. The number of hydrogen-bond acceptors (Lipinski definition) is 2. The summed E-state index contributed by atoms with van der Waals surface area (Å²) in [5.41, 5.74) is 4.80. The highest BCUT2D eigenvalue weighted by molar-refractivity contribution is 5.84. The Balaban J connectivity index is 2.25. The summed E-state index contributed by atoms with van der Waals surface area (Å²) in [6.07, 6.45) is 0. The molecule has 25 heavy (non-hydrogen) atoms. The SMILES string of the molecule is CN(C)C(=C(c1ccccc1)c1ccccc1)N(C)c1ccccc1. The largest absolute Gasteiger partial charge is 0.364 e. The molecule has 0 atom stereocenters. The van der Waals surface area contributed by atoms with Crippen LogP contribution in [0, 0.1) is 0 Å². The monoisotopic (exact) mass is 328 g/mol. The molecule has 2 heteroatoms. The van der Waals surface area contributed by atoms with E-state index in [9.17, 15) is 0 Å². The zero-order valence-electron chi connectivity index (χ0n) is 15.1. The molecule has 0 aliphatic heterocycles. The second kappa shape index (κ2) is 7.71. The van der Waals surface area contributed by atoms with Gasteiger partial charge in [0.1, 0.15) is 5.82 Å². The lowest BCUT2D eigenvalue weighted by molar-refractivity contribution is 0.499. The van der Waals surface area contributed by atoms with Gasteiger partial charge in [-0.25, -0.2) is 0 Å². The zero-order valence-corrected chi connectivity index (χ0v) is 15.1. The van der Waals surface area contributed by atoms with Crippen molar-refractivity contribution in [2.24, 2.45) is 0 Å². The molecule has 0 bridgehead atoms. The molecule has 0 aliphatic rings. The van der Waals surface area contributed by atoms with E-state index in [0.29, 0.717) is 0 Å². The summed E-state index contributed by atoms with van der Waals surface area (Å²) >= 11 is 0. The number of rotatable bonds is 5. The third kappa shape index (κ3) is 3.74. The molecule has 3 aromatic rings. The maximum atomic E-state index is 2.25. The fourth-order valence-corrected chi connectivity index (χ4v) is 3.10. The normalized spacial score (nSPS) is 10.2. The third-order valence-electron chi connectivity index (χ3n) is 4.23. The smallest absolute Gasteiger partial charge is 0.116 e. The van der Waals surface area contributed by atoms with Crippen LogP contribution in [-0.2, 0) is 0 Å². The first-order chi connectivity index (χ1) is 12.2. The topological polar surface area (TPSA) is 6.48 Å². The standard InChI is InChI=1S/C23H24N2/c1-24(2)23(25(3)21-17-11-6-12-18-21)22(19-13-7-4-8-14-19)20-15-9-5-10-16-20/h4-18H,1-3H3. The molecule has 0 amide bonds. The highest BCUT2D eigenvalue weighted by Crippen LogP contribution is 2.31. The molecular formula is C23H24N2. The Morgan fingerprint density at radius 1 is 0.560 bits per heavy atom. The summed E-state index contributed by atoms with van der Waals surface area (Å²) in [5, 5.41) is 0. The average Bonchev–Trinajstić information content (AvgIpc) is 2.67. The van der Waals surface area contributed by atoms with Gasteiger partial charge in [-0.2, -0.15) is 0 Å². The molecule has 3 aromatic carbocycles. The number of nitrogens with zero attached hydrogens (tertiary/aromatic N) is 2. The predicted octanol–water partition coefficient (Wildman–Crippen LogP) is 5.10. The first-order valence-corrected chi connectivity index (χ1v) is 8.49. The van der Waals surface area contributed by atoms with E-state index in [1.54, 1.807) is 0 Å². The zero-order chi connectivity index (χ0) is 17.6. The summed E-state index contributed by atoms with van der Waals surface area (Å²) in [6.45, 7) is 0. The van der Waals surface area contributed by atoms with Crippen molar-refractivity contribution in [3.05, 3.63) is 108 Å². The van der Waals surface area contributed by atoms with Crippen LogP contribution in [0.15, 0.2) is 96.8 Å². The van der Waals surface area contributed by atoms with E-state index in [1.165, 1.54) is 16.7 Å². The van der Waals surface area contributed by atoms with E-state index in [0.717, 1.165) is 11.5 Å². The molecule has 2 nitrogen and oxygen atoms in total. The third-order valence-corrected chi connectivity index (χ3v) is 4.23. The minimum Gasteiger partial charge on any atom is -0.364 e. The molecule has 0 spiro atoms. The van der Waals surface area contributed by atoms with Gasteiger partial charge in [0.05, 0.1) is 0 Å². The van der Waals surface area contributed by atoms with Gasteiger partial charge in [0, 0.05) is 32.4 Å². The first kappa shape index (κ1) is 16.8. The molecule has 126 valence electrons. The molecule has 0 heterocycles. The second-order valence-corrected chi connectivity index (χ2v) is 6.22. The van der Waals surface area contributed by atoms with Crippen molar-refractivity contribution < 1.29 is 0 Å². The van der Waals surface area contributed by atoms with E-state index in [-0.39, 0.29) is 0 Å². The highest BCUT2D eigenvalue weighted by Gasteiger charge is 2.18.